The summed E-state index contributed by atoms with van der Waals surface area (Å²) in [5.41, 5.74) is 4.94. The molecule has 0 atom stereocenters. The van der Waals surface area contributed by atoms with E-state index in [1.165, 1.54) is 17.2 Å². The fourth-order valence-corrected chi connectivity index (χ4v) is 2.81. The van der Waals surface area contributed by atoms with Gasteiger partial charge in [-0.15, -0.1) is 0 Å². The van der Waals surface area contributed by atoms with Crippen molar-refractivity contribution in [1.82, 2.24) is 18.7 Å². The zero-order chi connectivity index (χ0) is 19.0. The number of hydrogen-bond donors (Lipinski definition) is 1. The molecule has 136 valence electrons. The molecule has 0 amide bonds. The summed E-state index contributed by atoms with van der Waals surface area (Å²) in [6.07, 6.45) is 1.68. The van der Waals surface area contributed by atoms with Crippen LogP contribution in [0.5, 0.6) is 0 Å². The van der Waals surface area contributed by atoms with Gasteiger partial charge in [-0.05, 0) is 26.3 Å². The Morgan fingerprint density at radius 3 is 2.38 bits per heavy atom. The van der Waals surface area contributed by atoms with E-state index in [4.69, 9.17) is 0 Å². The number of aromatic nitrogens is 4. The molecule has 8 nitrogen and oxygen atoms in total. The minimum absolute atomic E-state index is 0.0396. The Kier molecular flexibility index (Phi) is 4.50. The highest BCUT2D eigenvalue weighted by Gasteiger charge is 2.20. The van der Waals surface area contributed by atoms with Gasteiger partial charge in [-0.3, -0.25) is 13.9 Å². The molecule has 0 fully saturated rings. The van der Waals surface area contributed by atoms with Crippen molar-refractivity contribution in [3.63, 3.8) is 0 Å². The van der Waals surface area contributed by atoms with Crippen molar-refractivity contribution in [2.24, 2.45) is 19.2 Å². The zero-order valence-corrected chi connectivity index (χ0v) is 15.5. The second kappa shape index (κ2) is 6.62. The van der Waals surface area contributed by atoms with Gasteiger partial charge in [0.25, 0.3) is 5.56 Å². The summed E-state index contributed by atoms with van der Waals surface area (Å²) in [6, 6.07) is 7.90. The van der Waals surface area contributed by atoms with Crippen molar-refractivity contribution in [3.05, 3.63) is 56.2 Å². The lowest BCUT2D eigenvalue weighted by Crippen LogP contribution is -2.37. The number of anilines is 1. The Balaban J connectivity index is 2.08. The zero-order valence-electron chi connectivity index (χ0n) is 15.5. The van der Waals surface area contributed by atoms with Crippen LogP contribution in [0.4, 0.5) is 5.95 Å². The highest BCUT2D eigenvalue weighted by Crippen LogP contribution is 2.20. The van der Waals surface area contributed by atoms with Crippen LogP contribution in [0.15, 0.2) is 39.0 Å². The van der Waals surface area contributed by atoms with E-state index in [1.54, 1.807) is 17.8 Å². The Morgan fingerprint density at radius 1 is 1.12 bits per heavy atom. The van der Waals surface area contributed by atoms with Gasteiger partial charge in [-0.1, -0.05) is 29.8 Å². The van der Waals surface area contributed by atoms with Gasteiger partial charge in [0.15, 0.2) is 11.2 Å². The third-order valence-corrected chi connectivity index (χ3v) is 4.26. The van der Waals surface area contributed by atoms with Crippen LogP contribution < -0.4 is 16.7 Å². The topological polar surface area (TPSA) is 86.2 Å². The molecule has 0 radical (unpaired) electrons. The minimum Gasteiger partial charge on any atom is -0.300 e. The van der Waals surface area contributed by atoms with Crippen molar-refractivity contribution in [1.29, 1.82) is 0 Å². The molecule has 1 N–H and O–H groups in total. The first-order valence-electron chi connectivity index (χ1n) is 8.35. The van der Waals surface area contributed by atoms with Crippen molar-refractivity contribution in [3.8, 4) is 0 Å². The highest BCUT2D eigenvalue weighted by molar-refractivity contribution is 5.80. The minimum atomic E-state index is -0.411. The lowest BCUT2D eigenvalue weighted by molar-refractivity contribution is 0.615. The van der Waals surface area contributed by atoms with E-state index in [1.807, 2.05) is 45.0 Å². The first kappa shape index (κ1) is 17.7. The van der Waals surface area contributed by atoms with Crippen LogP contribution in [0, 0.1) is 6.92 Å². The Hall–Kier alpha value is -3.16. The molecular formula is C18H22N6O2. The van der Waals surface area contributed by atoms with Crippen LogP contribution in [0.25, 0.3) is 11.2 Å². The summed E-state index contributed by atoms with van der Waals surface area (Å²) in [5, 5.41) is 4.23. The molecule has 2 heterocycles. The van der Waals surface area contributed by atoms with Gasteiger partial charge < -0.3 is 4.57 Å². The molecule has 0 saturated carbocycles. The quantitative estimate of drug-likeness (QED) is 0.571. The summed E-state index contributed by atoms with van der Waals surface area (Å²) >= 11 is 0. The Morgan fingerprint density at radius 2 is 1.77 bits per heavy atom. The molecule has 0 aliphatic rings. The van der Waals surface area contributed by atoms with Gasteiger partial charge in [0.05, 0.1) is 6.21 Å². The average Bonchev–Trinajstić information content (AvgIpc) is 3.00. The first-order chi connectivity index (χ1) is 12.3. The number of hydrazone groups is 1. The van der Waals surface area contributed by atoms with E-state index in [2.05, 4.69) is 15.5 Å². The summed E-state index contributed by atoms with van der Waals surface area (Å²) in [7, 11) is 3.06. The van der Waals surface area contributed by atoms with Gasteiger partial charge in [0.1, 0.15) is 0 Å². The number of nitrogens with one attached hydrogen (secondary N) is 1. The normalized spacial score (nSPS) is 11.8. The van der Waals surface area contributed by atoms with Crippen LogP contribution in [-0.4, -0.2) is 24.9 Å². The molecule has 26 heavy (non-hydrogen) atoms. The van der Waals surface area contributed by atoms with Gasteiger partial charge in [-0.25, -0.2) is 10.2 Å². The number of imidazole rings is 1. The molecule has 0 unspecified atom stereocenters. The molecule has 0 bridgehead atoms. The maximum Gasteiger partial charge on any atom is 0.332 e. The SMILES string of the molecule is Cc1ccc(C=NNc2nc3c(c(=O)n(C)c(=O)n3C)n2C(C)C)cc1. The predicted octanol–water partition coefficient (Wildman–Crippen LogP) is 1.77. The first-order valence-corrected chi connectivity index (χ1v) is 8.35. The van der Waals surface area contributed by atoms with Gasteiger partial charge in [0, 0.05) is 20.1 Å². The summed E-state index contributed by atoms with van der Waals surface area (Å²) < 4.78 is 4.20. The molecule has 0 aliphatic heterocycles. The van der Waals surface area contributed by atoms with Crippen molar-refractivity contribution in [2.45, 2.75) is 26.8 Å². The van der Waals surface area contributed by atoms with Crippen LogP contribution in [0.1, 0.15) is 31.0 Å². The van der Waals surface area contributed by atoms with Gasteiger partial charge >= 0.3 is 5.69 Å². The smallest absolute Gasteiger partial charge is 0.300 e. The molecule has 3 rings (SSSR count). The average molecular weight is 354 g/mol. The predicted molar refractivity (Wildman–Crippen MR) is 103 cm³/mol. The van der Waals surface area contributed by atoms with Crippen LogP contribution in [-0.2, 0) is 14.1 Å². The maximum absolute atomic E-state index is 12.6. The molecule has 2 aromatic heterocycles. The monoisotopic (exact) mass is 354 g/mol. The molecule has 8 heteroatoms. The maximum atomic E-state index is 12.6. The number of nitrogens with zero attached hydrogens (tertiary/aromatic N) is 5. The molecule has 1 aromatic carbocycles. The van der Waals surface area contributed by atoms with E-state index in [0.717, 1.165) is 10.1 Å². The number of aryl methyl sites for hydroxylation is 2. The van der Waals surface area contributed by atoms with E-state index in [9.17, 15) is 9.59 Å². The Bertz CT molecular complexity index is 1100. The van der Waals surface area contributed by atoms with Gasteiger partial charge in [0.2, 0.25) is 5.95 Å². The molecule has 0 aliphatic carbocycles. The Labute approximate surface area is 150 Å². The number of benzene rings is 1. The lowest BCUT2D eigenvalue weighted by atomic mass is 10.2. The summed E-state index contributed by atoms with van der Waals surface area (Å²) in [6.45, 7) is 5.91. The fraction of sp³-hybridized carbons (Fsp3) is 0.333. The second-order valence-corrected chi connectivity index (χ2v) is 6.56. The summed E-state index contributed by atoms with van der Waals surface area (Å²) in [5.74, 6) is 0.414. The van der Waals surface area contributed by atoms with Crippen LogP contribution >= 0.6 is 0 Å². The third-order valence-electron chi connectivity index (χ3n) is 4.26. The number of rotatable bonds is 4. The molecule has 3 aromatic rings. The molecular weight excluding hydrogens is 332 g/mol. The largest absolute Gasteiger partial charge is 0.332 e. The fourth-order valence-electron chi connectivity index (χ4n) is 2.81. The standard InChI is InChI=1S/C18H22N6O2/c1-11(2)24-14-15(22(4)18(26)23(5)16(14)25)20-17(24)21-19-10-13-8-6-12(3)7-9-13/h6-11H,1-5H3,(H,20,21). The van der Waals surface area contributed by atoms with E-state index in [0.29, 0.717) is 17.1 Å². The van der Waals surface area contributed by atoms with E-state index < -0.39 is 5.69 Å². The van der Waals surface area contributed by atoms with E-state index >= 15 is 0 Å². The van der Waals surface area contributed by atoms with Crippen molar-refractivity contribution in [2.75, 3.05) is 5.43 Å². The van der Waals surface area contributed by atoms with Gasteiger partial charge in [-0.2, -0.15) is 10.1 Å². The molecule has 0 saturated heterocycles. The molecule has 0 spiro atoms. The summed E-state index contributed by atoms with van der Waals surface area (Å²) in [4.78, 5) is 29.2. The van der Waals surface area contributed by atoms with E-state index in [-0.39, 0.29) is 11.6 Å². The van der Waals surface area contributed by atoms with Crippen molar-refractivity contribution >= 4 is 23.3 Å². The highest BCUT2D eigenvalue weighted by atomic mass is 16.2. The lowest BCUT2D eigenvalue weighted by Gasteiger charge is -2.12. The third kappa shape index (κ3) is 2.94. The number of hydrogen-bond acceptors (Lipinski definition) is 5. The van der Waals surface area contributed by atoms with Crippen LogP contribution in [0.3, 0.4) is 0 Å². The van der Waals surface area contributed by atoms with Crippen LogP contribution in [0.2, 0.25) is 0 Å². The number of fused-ring (bicyclic) bond motifs is 1. The van der Waals surface area contributed by atoms with Crippen molar-refractivity contribution < 1.29 is 0 Å². The second-order valence-electron chi connectivity index (χ2n) is 6.56.